The number of alkyl halides is 3. The van der Waals surface area contributed by atoms with E-state index in [0.29, 0.717) is 17.8 Å². The van der Waals surface area contributed by atoms with E-state index in [9.17, 15) is 13.2 Å². The van der Waals surface area contributed by atoms with E-state index in [2.05, 4.69) is 25.5 Å². The summed E-state index contributed by atoms with van der Waals surface area (Å²) in [5, 5.41) is 11.9. The van der Waals surface area contributed by atoms with E-state index in [1.165, 1.54) is 10.6 Å². The van der Waals surface area contributed by atoms with Crippen molar-refractivity contribution in [2.24, 2.45) is 11.8 Å². The predicted octanol–water partition coefficient (Wildman–Crippen LogP) is 4.07. The van der Waals surface area contributed by atoms with Crippen LogP contribution in [0.3, 0.4) is 0 Å². The van der Waals surface area contributed by atoms with Gasteiger partial charge in [-0.1, -0.05) is 11.6 Å². The molecule has 1 saturated heterocycles. The molecule has 0 radical (unpaired) electrons. The van der Waals surface area contributed by atoms with E-state index in [1.807, 2.05) is 13.0 Å². The Bertz CT molecular complexity index is 1100. The molecular formula is C21H25F3N6O2. The van der Waals surface area contributed by atoms with Gasteiger partial charge < -0.3 is 19.5 Å². The number of hydrogen-bond donors (Lipinski definition) is 1. The van der Waals surface area contributed by atoms with Gasteiger partial charge in [-0.3, -0.25) is 0 Å². The zero-order valence-electron chi connectivity index (χ0n) is 17.8. The Morgan fingerprint density at radius 3 is 2.88 bits per heavy atom. The quantitative estimate of drug-likeness (QED) is 0.628. The molecule has 2 fully saturated rings. The largest absolute Gasteiger partial charge is 0.477 e. The molecule has 1 aliphatic carbocycles. The number of nitrogens with zero attached hydrogens (tertiary/aromatic N) is 5. The van der Waals surface area contributed by atoms with Gasteiger partial charge in [0.05, 0.1) is 5.69 Å². The Balaban J connectivity index is 1.33. The van der Waals surface area contributed by atoms with Gasteiger partial charge in [-0.15, -0.1) is 5.10 Å². The summed E-state index contributed by atoms with van der Waals surface area (Å²) in [4.78, 5) is 6.68. The average molecular weight is 450 g/mol. The monoisotopic (exact) mass is 450 g/mol. The molecule has 4 atom stereocenters. The molecule has 11 heteroatoms. The number of nitrogens with one attached hydrogen (secondary N) is 1. The molecule has 4 heterocycles. The minimum Gasteiger partial charge on any atom is -0.477 e. The van der Waals surface area contributed by atoms with Gasteiger partial charge in [-0.05, 0) is 44.7 Å². The van der Waals surface area contributed by atoms with Crippen LogP contribution in [0.15, 0.2) is 28.9 Å². The second-order valence-corrected chi connectivity index (χ2v) is 8.69. The van der Waals surface area contributed by atoms with Gasteiger partial charge in [-0.25, -0.2) is 4.52 Å². The topological polar surface area (TPSA) is 80.7 Å². The van der Waals surface area contributed by atoms with Crippen molar-refractivity contribution in [1.82, 2.24) is 19.8 Å². The standard InChI is InChI=1S/C21H25F3N6O2/c1-12-9-18(32-28-12)29-10-14-5-3-6-16(15(14)11-29)25-20-26-19-17(7-4-8-30(19)27-20)31-13(2)21(22,23)24/h4,7-9,13-16H,3,5-6,10-11H2,1-2H3,(H,25,27)/t13?,14?,15-,16-/m1/s1. The molecule has 0 aromatic carbocycles. The lowest BCUT2D eigenvalue weighted by Crippen LogP contribution is -2.37. The number of aromatic nitrogens is 4. The second kappa shape index (κ2) is 7.86. The van der Waals surface area contributed by atoms with E-state index < -0.39 is 12.3 Å². The first-order valence-corrected chi connectivity index (χ1v) is 10.8. The Labute approximate surface area is 182 Å². The maximum absolute atomic E-state index is 12.9. The number of ether oxygens (including phenoxy) is 1. The highest BCUT2D eigenvalue weighted by Crippen LogP contribution is 2.39. The highest BCUT2D eigenvalue weighted by molar-refractivity contribution is 5.56. The summed E-state index contributed by atoms with van der Waals surface area (Å²) in [6.07, 6.45) is -1.53. The SMILES string of the molecule is Cc1cc(N2CC3CCC[C@@H](Nc4nc5c(OC(C)C(F)(F)F)cccn5n4)[C@@H]3C2)on1. The summed E-state index contributed by atoms with van der Waals surface area (Å²) >= 11 is 0. The van der Waals surface area contributed by atoms with Crippen molar-refractivity contribution in [3.8, 4) is 5.75 Å². The molecule has 3 aromatic heterocycles. The fraction of sp³-hybridized carbons (Fsp3) is 0.571. The number of rotatable bonds is 5. The van der Waals surface area contributed by atoms with Crippen LogP contribution in [0.25, 0.3) is 5.65 Å². The van der Waals surface area contributed by atoms with Gasteiger partial charge in [0, 0.05) is 37.3 Å². The maximum atomic E-state index is 12.9. The van der Waals surface area contributed by atoms with Gasteiger partial charge in [0.1, 0.15) is 0 Å². The molecule has 5 rings (SSSR count). The van der Waals surface area contributed by atoms with Gasteiger partial charge in [-0.2, -0.15) is 18.2 Å². The molecule has 1 N–H and O–H groups in total. The van der Waals surface area contributed by atoms with Gasteiger partial charge >= 0.3 is 6.18 Å². The first-order chi connectivity index (χ1) is 15.3. The van der Waals surface area contributed by atoms with Crippen LogP contribution in [0.5, 0.6) is 5.75 Å². The summed E-state index contributed by atoms with van der Waals surface area (Å²) in [6.45, 7) is 4.65. The first-order valence-electron chi connectivity index (χ1n) is 10.8. The Morgan fingerprint density at radius 2 is 2.12 bits per heavy atom. The van der Waals surface area contributed by atoms with Crippen LogP contribution in [-0.4, -0.2) is 51.2 Å². The van der Waals surface area contributed by atoms with Crippen molar-refractivity contribution >= 4 is 17.5 Å². The normalized spacial score (nSPS) is 24.5. The number of hydrogen-bond acceptors (Lipinski definition) is 7. The first kappa shape index (κ1) is 20.9. The van der Waals surface area contributed by atoms with Crippen LogP contribution in [-0.2, 0) is 0 Å². The van der Waals surface area contributed by atoms with E-state index >= 15 is 0 Å². The minimum absolute atomic E-state index is 0.0483. The molecule has 0 amide bonds. The molecule has 32 heavy (non-hydrogen) atoms. The third-order valence-electron chi connectivity index (χ3n) is 6.43. The van der Waals surface area contributed by atoms with Crippen molar-refractivity contribution in [1.29, 1.82) is 0 Å². The molecule has 3 aromatic rings. The molecule has 1 aliphatic heterocycles. The Hall–Kier alpha value is -2.98. The van der Waals surface area contributed by atoms with Crippen LogP contribution >= 0.6 is 0 Å². The molecule has 0 spiro atoms. The predicted molar refractivity (Wildman–Crippen MR) is 111 cm³/mol. The van der Waals surface area contributed by atoms with E-state index in [1.54, 1.807) is 12.3 Å². The third kappa shape index (κ3) is 3.95. The Morgan fingerprint density at radius 1 is 1.28 bits per heavy atom. The van der Waals surface area contributed by atoms with Crippen LogP contribution in [0.4, 0.5) is 25.0 Å². The fourth-order valence-corrected chi connectivity index (χ4v) is 4.79. The molecule has 1 saturated carbocycles. The Kier molecular flexibility index (Phi) is 5.13. The zero-order chi connectivity index (χ0) is 22.5. The summed E-state index contributed by atoms with van der Waals surface area (Å²) in [7, 11) is 0. The van der Waals surface area contributed by atoms with E-state index in [-0.39, 0.29) is 17.4 Å². The lowest BCUT2D eigenvalue weighted by atomic mass is 9.78. The number of aryl methyl sites for hydroxylation is 1. The van der Waals surface area contributed by atoms with Crippen molar-refractivity contribution in [2.75, 3.05) is 23.3 Å². The number of halogens is 3. The fourth-order valence-electron chi connectivity index (χ4n) is 4.79. The van der Waals surface area contributed by atoms with Crippen molar-refractivity contribution < 1.29 is 22.4 Å². The van der Waals surface area contributed by atoms with E-state index in [0.717, 1.165) is 50.9 Å². The zero-order valence-corrected chi connectivity index (χ0v) is 17.8. The van der Waals surface area contributed by atoms with Crippen LogP contribution < -0.4 is 15.0 Å². The molecule has 2 aliphatic rings. The van der Waals surface area contributed by atoms with Crippen molar-refractivity contribution in [3.63, 3.8) is 0 Å². The summed E-state index contributed by atoms with van der Waals surface area (Å²) in [5.41, 5.74) is 1.11. The third-order valence-corrected chi connectivity index (χ3v) is 6.43. The molecule has 2 unspecified atom stereocenters. The molecule has 0 bridgehead atoms. The van der Waals surface area contributed by atoms with Gasteiger partial charge in [0.2, 0.25) is 11.8 Å². The van der Waals surface area contributed by atoms with Gasteiger partial charge in [0.25, 0.3) is 0 Å². The summed E-state index contributed by atoms with van der Waals surface area (Å²) < 4.78 is 50.8. The number of fused-ring (bicyclic) bond motifs is 2. The highest BCUT2D eigenvalue weighted by atomic mass is 19.4. The second-order valence-electron chi connectivity index (χ2n) is 8.69. The van der Waals surface area contributed by atoms with Gasteiger partial charge in [0.15, 0.2) is 17.5 Å². The van der Waals surface area contributed by atoms with Crippen LogP contribution in [0.2, 0.25) is 0 Å². The van der Waals surface area contributed by atoms with Crippen LogP contribution in [0, 0.1) is 18.8 Å². The maximum Gasteiger partial charge on any atom is 0.425 e. The number of anilines is 2. The van der Waals surface area contributed by atoms with Crippen LogP contribution in [0.1, 0.15) is 31.9 Å². The number of pyridine rings is 1. The lowest BCUT2D eigenvalue weighted by Gasteiger charge is -2.32. The minimum atomic E-state index is -4.46. The smallest absolute Gasteiger partial charge is 0.425 e. The molecule has 172 valence electrons. The average Bonchev–Trinajstić information content (AvgIpc) is 3.45. The lowest BCUT2D eigenvalue weighted by molar-refractivity contribution is -0.189. The van der Waals surface area contributed by atoms with Crippen molar-refractivity contribution in [3.05, 3.63) is 30.1 Å². The highest BCUT2D eigenvalue weighted by Gasteiger charge is 2.42. The molecule has 8 nitrogen and oxygen atoms in total. The molecular weight excluding hydrogens is 425 g/mol. The van der Waals surface area contributed by atoms with E-state index in [4.69, 9.17) is 9.26 Å². The summed E-state index contributed by atoms with van der Waals surface area (Å²) in [5.74, 6) is 2.14. The summed E-state index contributed by atoms with van der Waals surface area (Å²) in [6, 6.07) is 5.18. The van der Waals surface area contributed by atoms with Crippen molar-refractivity contribution in [2.45, 2.75) is 51.4 Å².